The van der Waals surface area contributed by atoms with Crippen molar-refractivity contribution < 1.29 is 0 Å². The second kappa shape index (κ2) is 2.26. The van der Waals surface area contributed by atoms with Crippen molar-refractivity contribution in [2.75, 3.05) is 5.88 Å². The molecule has 0 saturated heterocycles. The minimum absolute atomic E-state index is 0.615. The monoisotopic (exact) mass is 170 g/mol. The fourth-order valence-corrected chi connectivity index (χ4v) is 2.72. The van der Waals surface area contributed by atoms with Gasteiger partial charge in [-0.05, 0) is 30.1 Å². The molecule has 0 radical (unpaired) electrons. The molecule has 1 saturated carbocycles. The maximum absolute atomic E-state index is 5.79. The molecular formula is C10H15Cl. The highest BCUT2D eigenvalue weighted by molar-refractivity contribution is 6.19. The van der Waals surface area contributed by atoms with Gasteiger partial charge in [0.05, 0.1) is 0 Å². The summed E-state index contributed by atoms with van der Waals surface area (Å²) in [6.45, 7) is 4.76. The zero-order valence-electron chi connectivity index (χ0n) is 7.23. The average molecular weight is 171 g/mol. The summed E-state index contributed by atoms with van der Waals surface area (Å²) in [5, 5.41) is 0. The Morgan fingerprint density at radius 1 is 1.55 bits per heavy atom. The molecular weight excluding hydrogens is 156 g/mol. The van der Waals surface area contributed by atoms with E-state index in [0.717, 1.165) is 17.7 Å². The summed E-state index contributed by atoms with van der Waals surface area (Å²) in [5.41, 5.74) is 2.09. The van der Waals surface area contributed by atoms with Crippen LogP contribution >= 0.6 is 11.6 Å². The topological polar surface area (TPSA) is 0 Å². The Balaban J connectivity index is 2.06. The Hall–Kier alpha value is 0.0300. The van der Waals surface area contributed by atoms with Gasteiger partial charge in [0.25, 0.3) is 0 Å². The zero-order chi connectivity index (χ0) is 8.06. The zero-order valence-corrected chi connectivity index (χ0v) is 7.99. The SMILES string of the molecule is CC1(C)C2CC=C(CCl)CC21. The average Bonchev–Trinajstić information content (AvgIpc) is 2.55. The fraction of sp³-hybridized carbons (Fsp3) is 0.800. The molecule has 0 nitrogen and oxygen atoms in total. The van der Waals surface area contributed by atoms with E-state index in [1.807, 2.05) is 0 Å². The standard InChI is InChI=1S/C10H15Cl/c1-10(2)8-4-3-7(6-11)5-9(8)10/h3,8-9H,4-6H2,1-2H3. The number of alkyl halides is 1. The van der Waals surface area contributed by atoms with Crippen LogP contribution in [0, 0.1) is 17.3 Å². The third-order valence-corrected chi connectivity index (χ3v) is 3.95. The van der Waals surface area contributed by atoms with E-state index in [1.54, 1.807) is 0 Å². The first-order valence-corrected chi connectivity index (χ1v) is 4.93. The van der Waals surface area contributed by atoms with Crippen molar-refractivity contribution in [1.29, 1.82) is 0 Å². The van der Waals surface area contributed by atoms with Crippen molar-refractivity contribution in [2.45, 2.75) is 26.7 Å². The van der Waals surface area contributed by atoms with Crippen molar-refractivity contribution in [3.05, 3.63) is 11.6 Å². The molecule has 11 heavy (non-hydrogen) atoms. The van der Waals surface area contributed by atoms with E-state index in [2.05, 4.69) is 19.9 Å². The summed E-state index contributed by atoms with van der Waals surface area (Å²) in [6.07, 6.45) is 4.89. The van der Waals surface area contributed by atoms with Gasteiger partial charge in [-0.25, -0.2) is 0 Å². The first kappa shape index (κ1) is 7.67. The van der Waals surface area contributed by atoms with Crippen molar-refractivity contribution in [2.24, 2.45) is 17.3 Å². The lowest BCUT2D eigenvalue weighted by molar-refractivity contribution is 0.542. The molecule has 2 rings (SSSR count). The largest absolute Gasteiger partial charge is 0.122 e. The van der Waals surface area contributed by atoms with Crippen LogP contribution in [0.25, 0.3) is 0 Å². The van der Waals surface area contributed by atoms with Gasteiger partial charge in [-0.3, -0.25) is 0 Å². The summed E-state index contributed by atoms with van der Waals surface area (Å²) in [4.78, 5) is 0. The van der Waals surface area contributed by atoms with Crippen LogP contribution in [0.2, 0.25) is 0 Å². The van der Waals surface area contributed by atoms with Gasteiger partial charge in [-0.15, -0.1) is 11.6 Å². The maximum Gasteiger partial charge on any atom is 0.0433 e. The van der Waals surface area contributed by atoms with Crippen LogP contribution < -0.4 is 0 Å². The molecule has 0 heterocycles. The molecule has 62 valence electrons. The maximum atomic E-state index is 5.79. The van der Waals surface area contributed by atoms with Crippen LogP contribution in [0.3, 0.4) is 0 Å². The highest BCUT2D eigenvalue weighted by Crippen LogP contribution is 2.64. The van der Waals surface area contributed by atoms with Gasteiger partial charge in [-0.1, -0.05) is 25.5 Å². The van der Waals surface area contributed by atoms with Crippen LogP contribution in [0.15, 0.2) is 11.6 Å². The van der Waals surface area contributed by atoms with Crippen molar-refractivity contribution in [3.63, 3.8) is 0 Å². The van der Waals surface area contributed by atoms with Crippen molar-refractivity contribution in [1.82, 2.24) is 0 Å². The summed E-state index contributed by atoms with van der Waals surface area (Å²) in [7, 11) is 0. The first-order chi connectivity index (χ1) is 5.16. The van der Waals surface area contributed by atoms with Crippen molar-refractivity contribution >= 4 is 11.6 Å². The molecule has 0 aliphatic heterocycles. The molecule has 1 fully saturated rings. The van der Waals surface area contributed by atoms with Crippen LogP contribution in [0.5, 0.6) is 0 Å². The second-order valence-electron chi connectivity index (χ2n) is 4.47. The minimum atomic E-state index is 0.615. The van der Waals surface area contributed by atoms with Crippen LogP contribution in [0.4, 0.5) is 0 Å². The molecule has 2 aliphatic rings. The van der Waals surface area contributed by atoms with Gasteiger partial charge in [-0.2, -0.15) is 0 Å². The molecule has 0 spiro atoms. The quantitative estimate of drug-likeness (QED) is 0.419. The highest BCUT2D eigenvalue weighted by atomic mass is 35.5. The number of hydrogen-bond donors (Lipinski definition) is 0. The number of allylic oxidation sites excluding steroid dienone is 2. The Kier molecular flexibility index (Phi) is 1.57. The summed E-state index contributed by atoms with van der Waals surface area (Å²) in [5.74, 6) is 2.66. The predicted octanol–water partition coefficient (Wildman–Crippen LogP) is 3.22. The lowest BCUT2D eigenvalue weighted by Crippen LogP contribution is -1.95. The molecule has 0 N–H and O–H groups in total. The normalized spacial score (nSPS) is 39.4. The number of rotatable bonds is 1. The number of hydrogen-bond acceptors (Lipinski definition) is 0. The molecule has 2 atom stereocenters. The van der Waals surface area contributed by atoms with E-state index in [-0.39, 0.29) is 0 Å². The molecule has 2 aliphatic carbocycles. The van der Waals surface area contributed by atoms with E-state index in [1.165, 1.54) is 18.4 Å². The van der Waals surface area contributed by atoms with Crippen LogP contribution in [-0.4, -0.2) is 5.88 Å². The van der Waals surface area contributed by atoms with Gasteiger partial charge in [0.15, 0.2) is 0 Å². The lowest BCUT2D eigenvalue weighted by atomic mass is 10.0. The number of fused-ring (bicyclic) bond motifs is 1. The third-order valence-electron chi connectivity index (χ3n) is 3.60. The summed E-state index contributed by atoms with van der Waals surface area (Å²) < 4.78 is 0. The van der Waals surface area contributed by atoms with Crippen LogP contribution in [-0.2, 0) is 0 Å². The molecule has 0 amide bonds. The third kappa shape index (κ3) is 1.03. The molecule has 0 aromatic carbocycles. The van der Waals surface area contributed by atoms with E-state index in [9.17, 15) is 0 Å². The second-order valence-corrected chi connectivity index (χ2v) is 4.74. The van der Waals surface area contributed by atoms with Gasteiger partial charge >= 0.3 is 0 Å². The van der Waals surface area contributed by atoms with E-state index in [0.29, 0.717) is 5.41 Å². The minimum Gasteiger partial charge on any atom is -0.122 e. The molecule has 0 bridgehead atoms. The Morgan fingerprint density at radius 2 is 2.27 bits per heavy atom. The summed E-state index contributed by atoms with van der Waals surface area (Å²) in [6, 6.07) is 0. The van der Waals surface area contributed by atoms with Crippen molar-refractivity contribution in [3.8, 4) is 0 Å². The van der Waals surface area contributed by atoms with Gasteiger partial charge in [0, 0.05) is 5.88 Å². The van der Waals surface area contributed by atoms with Crippen LogP contribution in [0.1, 0.15) is 26.7 Å². The Morgan fingerprint density at radius 3 is 2.82 bits per heavy atom. The Bertz CT molecular complexity index is 203. The van der Waals surface area contributed by atoms with Gasteiger partial charge < -0.3 is 0 Å². The molecule has 2 unspecified atom stereocenters. The molecule has 0 aromatic rings. The highest BCUT2D eigenvalue weighted by Gasteiger charge is 2.57. The predicted molar refractivity (Wildman–Crippen MR) is 48.8 cm³/mol. The summed E-state index contributed by atoms with van der Waals surface area (Å²) >= 11 is 5.79. The van der Waals surface area contributed by atoms with Gasteiger partial charge in [0.1, 0.15) is 0 Å². The first-order valence-electron chi connectivity index (χ1n) is 4.40. The van der Waals surface area contributed by atoms with E-state index >= 15 is 0 Å². The lowest BCUT2D eigenvalue weighted by Gasteiger charge is -2.07. The molecule has 0 aromatic heterocycles. The number of halogens is 1. The van der Waals surface area contributed by atoms with Gasteiger partial charge in [0.2, 0.25) is 0 Å². The smallest absolute Gasteiger partial charge is 0.0433 e. The fourth-order valence-electron chi connectivity index (χ4n) is 2.50. The van der Waals surface area contributed by atoms with E-state index < -0.39 is 0 Å². The van der Waals surface area contributed by atoms with E-state index in [4.69, 9.17) is 11.6 Å². The molecule has 1 heteroatoms. The Labute approximate surface area is 73.6 Å².